The molecule has 0 bridgehead atoms. The van der Waals surface area contributed by atoms with Gasteiger partial charge in [-0.05, 0) is 13.3 Å². The predicted octanol–water partition coefficient (Wildman–Crippen LogP) is -0.419. The van der Waals surface area contributed by atoms with Gasteiger partial charge >= 0.3 is 0 Å². The minimum atomic E-state index is -0.858. The highest BCUT2D eigenvalue weighted by Crippen LogP contribution is 2.09. The highest BCUT2D eigenvalue weighted by atomic mass is 16.5. The zero-order valence-electron chi connectivity index (χ0n) is 9.82. The SMILES string of the molecule is CCC(C)(N)C(=O)N(CCO)CCOC. The highest BCUT2D eigenvalue weighted by molar-refractivity contribution is 5.85. The number of hydrogen-bond donors (Lipinski definition) is 2. The van der Waals surface area contributed by atoms with Crippen molar-refractivity contribution in [3.63, 3.8) is 0 Å². The maximum atomic E-state index is 11.9. The zero-order valence-corrected chi connectivity index (χ0v) is 9.82. The number of aliphatic hydroxyl groups is 1. The number of methoxy groups -OCH3 is 1. The maximum Gasteiger partial charge on any atom is 0.242 e. The van der Waals surface area contributed by atoms with Crippen LogP contribution in [0.3, 0.4) is 0 Å². The molecule has 5 heteroatoms. The molecule has 0 aromatic carbocycles. The Morgan fingerprint density at radius 3 is 2.53 bits per heavy atom. The van der Waals surface area contributed by atoms with Gasteiger partial charge in [-0.1, -0.05) is 6.92 Å². The van der Waals surface area contributed by atoms with Crippen LogP contribution < -0.4 is 5.73 Å². The number of carbonyl (C=O) groups is 1. The van der Waals surface area contributed by atoms with Crippen LogP contribution in [-0.2, 0) is 9.53 Å². The molecule has 0 fully saturated rings. The average molecular weight is 218 g/mol. The van der Waals surface area contributed by atoms with Gasteiger partial charge in [0.2, 0.25) is 5.91 Å². The smallest absolute Gasteiger partial charge is 0.242 e. The van der Waals surface area contributed by atoms with Crippen molar-refractivity contribution in [1.29, 1.82) is 0 Å². The van der Waals surface area contributed by atoms with Gasteiger partial charge in [0.1, 0.15) is 0 Å². The monoisotopic (exact) mass is 218 g/mol. The number of rotatable bonds is 7. The van der Waals surface area contributed by atoms with Gasteiger partial charge in [-0.2, -0.15) is 0 Å². The van der Waals surface area contributed by atoms with Gasteiger partial charge in [-0.3, -0.25) is 4.79 Å². The van der Waals surface area contributed by atoms with Gasteiger partial charge in [0.15, 0.2) is 0 Å². The normalized spacial score (nSPS) is 14.7. The van der Waals surface area contributed by atoms with Crippen molar-refractivity contribution in [1.82, 2.24) is 4.90 Å². The zero-order chi connectivity index (χ0) is 11.9. The standard InChI is InChI=1S/C10H22N2O3/c1-4-10(2,11)9(14)12(5-7-13)6-8-15-3/h13H,4-8,11H2,1-3H3. The minimum Gasteiger partial charge on any atom is -0.395 e. The van der Waals surface area contributed by atoms with Gasteiger partial charge < -0.3 is 20.5 Å². The molecule has 0 saturated carbocycles. The third-order valence-corrected chi connectivity index (χ3v) is 2.45. The molecule has 0 aliphatic carbocycles. The van der Waals surface area contributed by atoms with E-state index in [0.29, 0.717) is 26.1 Å². The van der Waals surface area contributed by atoms with Crippen molar-refractivity contribution >= 4 is 5.91 Å². The fraction of sp³-hybridized carbons (Fsp3) is 0.900. The Labute approximate surface area is 91.2 Å². The average Bonchev–Trinajstić information content (AvgIpc) is 2.23. The lowest BCUT2D eigenvalue weighted by molar-refractivity contribution is -0.137. The second kappa shape index (κ2) is 6.76. The number of aliphatic hydroxyl groups excluding tert-OH is 1. The van der Waals surface area contributed by atoms with Crippen LogP contribution in [0.5, 0.6) is 0 Å². The second-order valence-electron chi connectivity index (χ2n) is 3.78. The molecule has 1 amide bonds. The molecule has 0 rings (SSSR count). The summed E-state index contributed by atoms with van der Waals surface area (Å²) in [5, 5.41) is 8.85. The Bertz CT molecular complexity index is 195. The topological polar surface area (TPSA) is 75.8 Å². The molecule has 1 atom stereocenters. The summed E-state index contributed by atoms with van der Waals surface area (Å²) in [6.07, 6.45) is 0.570. The van der Waals surface area contributed by atoms with Crippen LogP contribution in [0.25, 0.3) is 0 Å². The van der Waals surface area contributed by atoms with E-state index in [-0.39, 0.29) is 12.5 Å². The summed E-state index contributed by atoms with van der Waals surface area (Å²) in [5.74, 6) is -0.142. The van der Waals surface area contributed by atoms with E-state index >= 15 is 0 Å². The van der Waals surface area contributed by atoms with Crippen LogP contribution in [0.4, 0.5) is 0 Å². The van der Waals surface area contributed by atoms with Crippen molar-refractivity contribution in [3.05, 3.63) is 0 Å². The number of nitrogens with two attached hydrogens (primary N) is 1. The highest BCUT2D eigenvalue weighted by Gasteiger charge is 2.30. The van der Waals surface area contributed by atoms with Gasteiger partial charge in [0, 0.05) is 20.2 Å². The molecule has 1 unspecified atom stereocenters. The predicted molar refractivity (Wildman–Crippen MR) is 58.4 cm³/mol. The second-order valence-corrected chi connectivity index (χ2v) is 3.78. The Morgan fingerprint density at radius 2 is 2.13 bits per heavy atom. The van der Waals surface area contributed by atoms with Crippen LogP contribution in [0.1, 0.15) is 20.3 Å². The lowest BCUT2D eigenvalue weighted by Crippen LogP contribution is -2.54. The fourth-order valence-electron chi connectivity index (χ4n) is 1.15. The Hall–Kier alpha value is -0.650. The van der Waals surface area contributed by atoms with Crippen LogP contribution in [0.2, 0.25) is 0 Å². The summed E-state index contributed by atoms with van der Waals surface area (Å²) < 4.78 is 4.90. The first-order valence-corrected chi connectivity index (χ1v) is 5.17. The summed E-state index contributed by atoms with van der Waals surface area (Å²) in [4.78, 5) is 13.5. The van der Waals surface area contributed by atoms with Crippen molar-refractivity contribution in [2.24, 2.45) is 5.73 Å². The van der Waals surface area contributed by atoms with Crippen LogP contribution in [-0.4, -0.2) is 54.9 Å². The lowest BCUT2D eigenvalue weighted by atomic mass is 9.98. The molecular formula is C10H22N2O3. The summed E-state index contributed by atoms with van der Waals surface area (Å²) in [6.45, 7) is 4.72. The molecule has 0 aliphatic heterocycles. The van der Waals surface area contributed by atoms with Crippen LogP contribution >= 0.6 is 0 Å². The first-order valence-electron chi connectivity index (χ1n) is 5.17. The molecule has 0 spiro atoms. The number of carbonyl (C=O) groups excluding carboxylic acids is 1. The van der Waals surface area contributed by atoms with E-state index in [9.17, 15) is 4.79 Å². The maximum absolute atomic E-state index is 11.9. The molecule has 90 valence electrons. The van der Waals surface area contributed by atoms with Gasteiger partial charge in [0.25, 0.3) is 0 Å². The minimum absolute atomic E-state index is 0.0603. The number of hydrogen-bond acceptors (Lipinski definition) is 4. The van der Waals surface area contributed by atoms with E-state index in [1.165, 1.54) is 4.90 Å². The van der Waals surface area contributed by atoms with Crippen molar-refractivity contribution in [2.45, 2.75) is 25.8 Å². The molecule has 0 aromatic rings. The van der Waals surface area contributed by atoms with E-state index in [1.54, 1.807) is 14.0 Å². The van der Waals surface area contributed by atoms with E-state index in [2.05, 4.69) is 0 Å². The largest absolute Gasteiger partial charge is 0.395 e. The Kier molecular flexibility index (Phi) is 6.47. The Morgan fingerprint density at radius 1 is 1.53 bits per heavy atom. The molecule has 0 radical (unpaired) electrons. The molecule has 0 aliphatic rings. The van der Waals surface area contributed by atoms with Crippen molar-refractivity contribution in [3.8, 4) is 0 Å². The molecule has 3 N–H and O–H groups in total. The van der Waals surface area contributed by atoms with E-state index < -0.39 is 5.54 Å². The summed E-state index contributed by atoms with van der Waals surface area (Å²) in [5.41, 5.74) is 4.99. The van der Waals surface area contributed by atoms with Gasteiger partial charge in [-0.25, -0.2) is 0 Å². The summed E-state index contributed by atoms with van der Waals surface area (Å²) in [6, 6.07) is 0. The first-order chi connectivity index (χ1) is 6.99. The number of ether oxygens (including phenoxy) is 1. The van der Waals surface area contributed by atoms with Crippen LogP contribution in [0.15, 0.2) is 0 Å². The fourth-order valence-corrected chi connectivity index (χ4v) is 1.15. The molecule has 5 nitrogen and oxygen atoms in total. The molecule has 0 aromatic heterocycles. The molecule has 0 saturated heterocycles. The molecular weight excluding hydrogens is 196 g/mol. The van der Waals surface area contributed by atoms with Crippen molar-refractivity contribution in [2.75, 3.05) is 33.4 Å². The number of amides is 1. The van der Waals surface area contributed by atoms with Crippen LogP contribution in [0, 0.1) is 0 Å². The Balaban J connectivity index is 4.40. The van der Waals surface area contributed by atoms with E-state index in [0.717, 1.165) is 0 Å². The third kappa shape index (κ3) is 4.59. The van der Waals surface area contributed by atoms with Gasteiger partial charge in [-0.15, -0.1) is 0 Å². The first kappa shape index (κ1) is 14.3. The molecule has 15 heavy (non-hydrogen) atoms. The lowest BCUT2D eigenvalue weighted by Gasteiger charge is -2.30. The van der Waals surface area contributed by atoms with E-state index in [4.69, 9.17) is 15.6 Å². The third-order valence-electron chi connectivity index (χ3n) is 2.45. The quantitative estimate of drug-likeness (QED) is 0.608. The van der Waals surface area contributed by atoms with Crippen molar-refractivity contribution < 1.29 is 14.6 Å². The summed E-state index contributed by atoms with van der Waals surface area (Å²) >= 11 is 0. The van der Waals surface area contributed by atoms with E-state index in [1.807, 2.05) is 6.92 Å². The summed E-state index contributed by atoms with van der Waals surface area (Å²) in [7, 11) is 1.57. The molecule has 0 heterocycles. The number of nitrogens with zero attached hydrogens (tertiary/aromatic N) is 1. The van der Waals surface area contributed by atoms with Gasteiger partial charge in [0.05, 0.1) is 18.8 Å².